The van der Waals surface area contributed by atoms with Gasteiger partial charge in [-0.1, -0.05) is 6.07 Å². The third-order valence-corrected chi connectivity index (χ3v) is 3.10. The molecular weight excluding hydrogens is 252 g/mol. The fraction of sp³-hybridized carbons (Fsp3) is 0.133. The van der Waals surface area contributed by atoms with Crippen molar-refractivity contribution in [3.8, 4) is 0 Å². The number of hydrogen-bond acceptors (Lipinski definition) is 3. The molecule has 2 aromatic heterocycles. The molecule has 0 fully saturated rings. The van der Waals surface area contributed by atoms with Crippen molar-refractivity contribution in [2.45, 2.75) is 6.42 Å². The topological polar surface area (TPSA) is 59.8 Å². The van der Waals surface area contributed by atoms with Gasteiger partial charge in [-0.3, -0.25) is 14.5 Å². The minimum absolute atomic E-state index is 0.0785. The molecule has 0 atom stereocenters. The Hall–Kier alpha value is -2.69. The number of pyridine rings is 1. The summed E-state index contributed by atoms with van der Waals surface area (Å²) < 4.78 is 1.78. The fourth-order valence-corrected chi connectivity index (χ4v) is 2.09. The summed E-state index contributed by atoms with van der Waals surface area (Å²) >= 11 is 0. The first-order chi connectivity index (χ1) is 9.72. The first kappa shape index (κ1) is 12.3. The molecule has 2 heterocycles. The monoisotopic (exact) mass is 266 g/mol. The van der Waals surface area contributed by atoms with Crippen molar-refractivity contribution in [3.05, 3.63) is 54.5 Å². The number of nitrogens with one attached hydrogen (secondary N) is 1. The van der Waals surface area contributed by atoms with Gasteiger partial charge in [0.15, 0.2) is 0 Å². The Morgan fingerprint density at radius 2 is 2.20 bits per heavy atom. The summed E-state index contributed by atoms with van der Waals surface area (Å²) in [5.41, 5.74) is 2.51. The summed E-state index contributed by atoms with van der Waals surface area (Å²) in [7, 11) is 1.88. The van der Waals surface area contributed by atoms with Crippen LogP contribution in [0.5, 0.6) is 0 Å². The van der Waals surface area contributed by atoms with Crippen molar-refractivity contribution in [1.29, 1.82) is 0 Å². The van der Waals surface area contributed by atoms with Gasteiger partial charge in [0.05, 0.1) is 18.1 Å². The van der Waals surface area contributed by atoms with E-state index in [2.05, 4.69) is 15.4 Å². The highest BCUT2D eigenvalue weighted by Gasteiger charge is 2.06. The van der Waals surface area contributed by atoms with Crippen molar-refractivity contribution in [1.82, 2.24) is 14.8 Å². The van der Waals surface area contributed by atoms with Crippen LogP contribution in [0.1, 0.15) is 5.69 Å². The second kappa shape index (κ2) is 5.13. The van der Waals surface area contributed by atoms with Gasteiger partial charge in [-0.25, -0.2) is 0 Å². The number of carbonyl (C=O) groups excluding carboxylic acids is 1. The molecule has 5 heteroatoms. The van der Waals surface area contributed by atoms with Crippen molar-refractivity contribution in [3.63, 3.8) is 0 Å². The van der Waals surface area contributed by atoms with E-state index in [0.29, 0.717) is 0 Å². The number of aryl methyl sites for hydroxylation is 1. The maximum Gasteiger partial charge on any atom is 0.230 e. The van der Waals surface area contributed by atoms with E-state index >= 15 is 0 Å². The fourth-order valence-electron chi connectivity index (χ4n) is 2.09. The van der Waals surface area contributed by atoms with E-state index in [4.69, 9.17) is 0 Å². The molecule has 1 N–H and O–H groups in total. The van der Waals surface area contributed by atoms with Crippen molar-refractivity contribution in [2.24, 2.45) is 7.05 Å². The lowest BCUT2D eigenvalue weighted by atomic mass is 10.2. The Kier molecular flexibility index (Phi) is 3.16. The van der Waals surface area contributed by atoms with Crippen LogP contribution >= 0.6 is 0 Å². The third kappa shape index (κ3) is 2.51. The molecule has 0 radical (unpaired) electrons. The minimum atomic E-state index is -0.0785. The Morgan fingerprint density at radius 3 is 3.00 bits per heavy atom. The van der Waals surface area contributed by atoms with Crippen LogP contribution in [0.4, 0.5) is 5.69 Å². The maximum absolute atomic E-state index is 12.0. The van der Waals surface area contributed by atoms with Crippen LogP contribution in [-0.2, 0) is 18.3 Å². The van der Waals surface area contributed by atoms with Crippen LogP contribution in [0.3, 0.4) is 0 Å². The molecule has 0 bridgehead atoms. The van der Waals surface area contributed by atoms with Crippen LogP contribution in [0, 0.1) is 0 Å². The van der Waals surface area contributed by atoms with Crippen LogP contribution in [0.2, 0.25) is 0 Å². The molecule has 0 aliphatic heterocycles. The van der Waals surface area contributed by atoms with Gasteiger partial charge in [0.1, 0.15) is 0 Å². The van der Waals surface area contributed by atoms with E-state index in [1.54, 1.807) is 17.1 Å². The number of hydrogen-bond donors (Lipinski definition) is 1. The number of amides is 1. The molecule has 0 aliphatic rings. The first-order valence-corrected chi connectivity index (χ1v) is 6.34. The summed E-state index contributed by atoms with van der Waals surface area (Å²) in [4.78, 5) is 16.1. The smallest absolute Gasteiger partial charge is 0.230 e. The SMILES string of the molecule is Cn1ncc2ccc(NC(=O)Cc3ccccn3)cc21. The van der Waals surface area contributed by atoms with Crippen molar-refractivity contribution >= 4 is 22.5 Å². The largest absolute Gasteiger partial charge is 0.326 e. The average molecular weight is 266 g/mol. The molecule has 0 saturated carbocycles. The van der Waals surface area contributed by atoms with Gasteiger partial charge in [0.2, 0.25) is 5.91 Å². The van der Waals surface area contributed by atoms with E-state index in [0.717, 1.165) is 22.3 Å². The zero-order valence-electron chi connectivity index (χ0n) is 11.1. The van der Waals surface area contributed by atoms with E-state index in [1.165, 1.54) is 0 Å². The number of carbonyl (C=O) groups is 1. The van der Waals surface area contributed by atoms with Crippen molar-refractivity contribution in [2.75, 3.05) is 5.32 Å². The molecule has 0 aliphatic carbocycles. The second-order valence-electron chi connectivity index (χ2n) is 4.59. The standard InChI is InChI=1S/C15H14N4O/c1-19-14-8-13(6-5-11(14)10-17-19)18-15(20)9-12-4-2-3-7-16-12/h2-8,10H,9H2,1H3,(H,18,20). The Bertz CT molecular complexity index is 749. The van der Waals surface area contributed by atoms with E-state index < -0.39 is 0 Å². The highest BCUT2D eigenvalue weighted by atomic mass is 16.1. The average Bonchev–Trinajstić information content (AvgIpc) is 2.81. The molecule has 3 rings (SSSR count). The molecule has 3 aromatic rings. The van der Waals surface area contributed by atoms with Crippen molar-refractivity contribution < 1.29 is 4.79 Å². The predicted molar refractivity (Wildman–Crippen MR) is 77.3 cm³/mol. The Balaban J connectivity index is 1.75. The maximum atomic E-state index is 12.0. The Labute approximate surface area is 116 Å². The van der Waals surface area contributed by atoms with Gasteiger partial charge in [-0.15, -0.1) is 0 Å². The van der Waals surface area contributed by atoms with Gasteiger partial charge >= 0.3 is 0 Å². The quantitative estimate of drug-likeness (QED) is 0.790. The van der Waals surface area contributed by atoms with Gasteiger partial charge < -0.3 is 5.32 Å². The summed E-state index contributed by atoms with van der Waals surface area (Å²) in [6.07, 6.45) is 3.75. The predicted octanol–water partition coefficient (Wildman–Crippen LogP) is 2.15. The lowest BCUT2D eigenvalue weighted by Gasteiger charge is -2.05. The van der Waals surface area contributed by atoms with E-state index in [1.807, 2.05) is 43.4 Å². The summed E-state index contributed by atoms with van der Waals surface area (Å²) in [6.45, 7) is 0. The number of nitrogens with zero attached hydrogens (tertiary/aromatic N) is 3. The third-order valence-electron chi connectivity index (χ3n) is 3.10. The zero-order chi connectivity index (χ0) is 13.9. The molecule has 0 unspecified atom stereocenters. The van der Waals surface area contributed by atoms with Crippen LogP contribution in [-0.4, -0.2) is 20.7 Å². The van der Waals surface area contributed by atoms with Gasteiger partial charge in [0, 0.05) is 30.0 Å². The summed E-state index contributed by atoms with van der Waals surface area (Å²) in [5.74, 6) is -0.0785. The van der Waals surface area contributed by atoms with Crippen LogP contribution < -0.4 is 5.32 Å². The Morgan fingerprint density at radius 1 is 1.30 bits per heavy atom. The lowest BCUT2D eigenvalue weighted by Crippen LogP contribution is -2.15. The molecule has 0 spiro atoms. The first-order valence-electron chi connectivity index (χ1n) is 6.34. The summed E-state index contributed by atoms with van der Waals surface area (Å²) in [5, 5.41) is 8.11. The van der Waals surface area contributed by atoms with Gasteiger partial charge in [-0.2, -0.15) is 5.10 Å². The molecule has 1 aromatic carbocycles. The molecule has 5 nitrogen and oxygen atoms in total. The van der Waals surface area contributed by atoms with Crippen LogP contribution in [0.25, 0.3) is 10.9 Å². The molecule has 0 saturated heterocycles. The molecule has 1 amide bonds. The van der Waals surface area contributed by atoms with Gasteiger partial charge in [0.25, 0.3) is 0 Å². The normalized spacial score (nSPS) is 10.7. The van der Waals surface area contributed by atoms with E-state index in [-0.39, 0.29) is 12.3 Å². The number of fused-ring (bicyclic) bond motifs is 1. The minimum Gasteiger partial charge on any atom is -0.326 e. The highest BCUT2D eigenvalue weighted by molar-refractivity contribution is 5.94. The molecule has 20 heavy (non-hydrogen) atoms. The molecular formula is C15H14N4O. The zero-order valence-corrected chi connectivity index (χ0v) is 11.1. The lowest BCUT2D eigenvalue weighted by molar-refractivity contribution is -0.115. The number of anilines is 1. The van der Waals surface area contributed by atoms with Gasteiger partial charge in [-0.05, 0) is 30.3 Å². The number of rotatable bonds is 3. The number of benzene rings is 1. The number of aromatic nitrogens is 3. The van der Waals surface area contributed by atoms with Crippen LogP contribution in [0.15, 0.2) is 48.8 Å². The highest BCUT2D eigenvalue weighted by Crippen LogP contribution is 2.18. The van der Waals surface area contributed by atoms with E-state index in [9.17, 15) is 4.79 Å². The second-order valence-corrected chi connectivity index (χ2v) is 4.59. The summed E-state index contributed by atoms with van der Waals surface area (Å²) in [6, 6.07) is 11.3. The molecule has 100 valence electrons.